The zero-order valence-corrected chi connectivity index (χ0v) is 14.0. The van der Waals surface area contributed by atoms with Crippen LogP contribution in [0.25, 0.3) is 10.9 Å². The molecule has 4 rings (SSSR count). The van der Waals surface area contributed by atoms with Crippen LogP contribution >= 0.6 is 0 Å². The standard InChI is InChI=1S/C20H18N2O4/c23-18(14-6-2-1-3-7-14)22-20(12-25-13-26-19(20)24)10-15-11-21-17-9-5-4-8-16(15)17/h1-9,11,21H,10,12-13H2,(H,22,23). The van der Waals surface area contributed by atoms with E-state index in [0.29, 0.717) is 5.56 Å². The van der Waals surface area contributed by atoms with Crippen molar-refractivity contribution in [3.05, 3.63) is 71.9 Å². The Morgan fingerprint density at radius 1 is 1.12 bits per heavy atom. The molecular weight excluding hydrogens is 332 g/mol. The molecule has 1 saturated heterocycles. The maximum Gasteiger partial charge on any atom is 0.336 e. The lowest BCUT2D eigenvalue weighted by Crippen LogP contribution is -2.62. The second-order valence-corrected chi connectivity index (χ2v) is 6.34. The van der Waals surface area contributed by atoms with E-state index in [1.54, 1.807) is 24.3 Å². The number of ether oxygens (including phenoxy) is 2. The number of benzene rings is 2. The number of amides is 1. The number of aromatic amines is 1. The number of para-hydroxylation sites is 1. The van der Waals surface area contributed by atoms with Gasteiger partial charge >= 0.3 is 5.97 Å². The highest BCUT2D eigenvalue weighted by Crippen LogP contribution is 2.26. The Hall–Kier alpha value is -3.12. The minimum atomic E-state index is -1.27. The monoisotopic (exact) mass is 350 g/mol. The van der Waals surface area contributed by atoms with Gasteiger partial charge in [-0.2, -0.15) is 0 Å². The predicted molar refractivity (Wildman–Crippen MR) is 95.6 cm³/mol. The zero-order chi connectivity index (χ0) is 18.0. The topological polar surface area (TPSA) is 80.4 Å². The van der Waals surface area contributed by atoms with E-state index in [0.717, 1.165) is 16.5 Å². The van der Waals surface area contributed by atoms with Crippen molar-refractivity contribution >= 4 is 22.8 Å². The fraction of sp³-hybridized carbons (Fsp3) is 0.200. The van der Waals surface area contributed by atoms with Gasteiger partial charge < -0.3 is 19.8 Å². The number of hydrogen-bond donors (Lipinski definition) is 2. The van der Waals surface area contributed by atoms with Gasteiger partial charge in [-0.1, -0.05) is 36.4 Å². The van der Waals surface area contributed by atoms with Crippen LogP contribution in [0.2, 0.25) is 0 Å². The summed E-state index contributed by atoms with van der Waals surface area (Å²) in [4.78, 5) is 28.5. The lowest BCUT2D eigenvalue weighted by atomic mass is 9.90. The van der Waals surface area contributed by atoms with Crippen molar-refractivity contribution in [1.82, 2.24) is 10.3 Å². The summed E-state index contributed by atoms with van der Waals surface area (Å²) in [6.45, 7) is -0.0421. The first kappa shape index (κ1) is 16.4. The highest BCUT2D eigenvalue weighted by Gasteiger charge is 2.45. The molecule has 0 bridgehead atoms. The van der Waals surface area contributed by atoms with Crippen LogP contribution in [0, 0.1) is 0 Å². The van der Waals surface area contributed by atoms with Crippen molar-refractivity contribution < 1.29 is 19.1 Å². The fourth-order valence-electron chi connectivity index (χ4n) is 3.24. The third kappa shape index (κ3) is 2.95. The summed E-state index contributed by atoms with van der Waals surface area (Å²) < 4.78 is 10.5. The van der Waals surface area contributed by atoms with Crippen LogP contribution in [0.15, 0.2) is 60.8 Å². The molecule has 0 radical (unpaired) electrons. The average molecular weight is 350 g/mol. The zero-order valence-electron chi connectivity index (χ0n) is 14.0. The highest BCUT2D eigenvalue weighted by molar-refractivity contribution is 5.98. The normalized spacial score (nSPS) is 19.9. The molecule has 1 aromatic heterocycles. The number of nitrogens with one attached hydrogen (secondary N) is 2. The summed E-state index contributed by atoms with van der Waals surface area (Å²) >= 11 is 0. The first-order chi connectivity index (χ1) is 12.7. The molecular formula is C20H18N2O4. The SMILES string of the molecule is O=C(NC1(Cc2c[nH]c3ccccc23)COCOC1=O)c1ccccc1. The molecule has 1 atom stereocenters. The van der Waals surface area contributed by atoms with Gasteiger partial charge in [0.05, 0.1) is 6.61 Å². The minimum absolute atomic E-state index is 0.0594. The van der Waals surface area contributed by atoms with Gasteiger partial charge in [-0.05, 0) is 23.8 Å². The summed E-state index contributed by atoms with van der Waals surface area (Å²) in [6.07, 6.45) is 2.12. The van der Waals surface area contributed by atoms with Crippen molar-refractivity contribution in [3.63, 3.8) is 0 Å². The molecule has 0 aliphatic carbocycles. The molecule has 132 valence electrons. The molecule has 2 N–H and O–H groups in total. The Kier molecular flexibility index (Phi) is 4.18. The Labute approximate surface area is 150 Å². The summed E-state index contributed by atoms with van der Waals surface area (Å²) in [5, 5.41) is 3.85. The number of esters is 1. The highest BCUT2D eigenvalue weighted by atomic mass is 16.7. The van der Waals surface area contributed by atoms with Gasteiger partial charge in [0.2, 0.25) is 0 Å². The Morgan fingerprint density at radius 2 is 1.88 bits per heavy atom. The maximum atomic E-state index is 12.7. The number of aromatic nitrogens is 1. The van der Waals surface area contributed by atoms with Gasteiger partial charge in [0.15, 0.2) is 12.3 Å². The van der Waals surface area contributed by atoms with E-state index in [4.69, 9.17) is 9.47 Å². The van der Waals surface area contributed by atoms with Crippen LogP contribution in [0.3, 0.4) is 0 Å². The average Bonchev–Trinajstić information content (AvgIpc) is 3.08. The molecule has 0 saturated carbocycles. The minimum Gasteiger partial charge on any atom is -0.437 e. The maximum absolute atomic E-state index is 12.7. The first-order valence-corrected chi connectivity index (χ1v) is 8.35. The number of rotatable bonds is 4. The van der Waals surface area contributed by atoms with Crippen molar-refractivity contribution in [3.8, 4) is 0 Å². The molecule has 2 aromatic carbocycles. The number of carbonyl (C=O) groups excluding carboxylic acids is 2. The Morgan fingerprint density at radius 3 is 2.69 bits per heavy atom. The van der Waals surface area contributed by atoms with E-state index in [9.17, 15) is 9.59 Å². The first-order valence-electron chi connectivity index (χ1n) is 8.35. The quantitative estimate of drug-likeness (QED) is 0.708. The van der Waals surface area contributed by atoms with Crippen LogP contribution in [-0.2, 0) is 20.7 Å². The van der Waals surface area contributed by atoms with Crippen LogP contribution in [-0.4, -0.2) is 35.8 Å². The number of H-pyrrole nitrogens is 1. The second kappa shape index (κ2) is 6.65. The van der Waals surface area contributed by atoms with E-state index in [1.165, 1.54) is 0 Å². The number of fused-ring (bicyclic) bond motifs is 1. The number of hydrogen-bond acceptors (Lipinski definition) is 4. The van der Waals surface area contributed by atoms with Gasteiger partial charge in [-0.15, -0.1) is 0 Å². The predicted octanol–water partition coefficient (Wildman–Crippen LogP) is 2.41. The van der Waals surface area contributed by atoms with E-state index in [2.05, 4.69) is 10.3 Å². The second-order valence-electron chi connectivity index (χ2n) is 6.34. The lowest BCUT2D eigenvalue weighted by Gasteiger charge is -2.35. The van der Waals surface area contributed by atoms with Crippen LogP contribution in [0.5, 0.6) is 0 Å². The van der Waals surface area contributed by atoms with Crippen LogP contribution in [0.1, 0.15) is 15.9 Å². The molecule has 6 heteroatoms. The summed E-state index contributed by atoms with van der Waals surface area (Å²) in [7, 11) is 0. The molecule has 0 spiro atoms. The molecule has 26 heavy (non-hydrogen) atoms. The Bertz CT molecular complexity index is 951. The molecule has 1 aliphatic heterocycles. The Balaban J connectivity index is 1.68. The molecule has 2 heterocycles. The summed E-state index contributed by atoms with van der Waals surface area (Å²) in [5.74, 6) is -0.828. The number of cyclic esters (lactones) is 1. The molecule has 1 unspecified atom stereocenters. The smallest absolute Gasteiger partial charge is 0.336 e. The molecule has 1 aliphatic rings. The molecule has 1 amide bonds. The van der Waals surface area contributed by atoms with E-state index in [-0.39, 0.29) is 25.7 Å². The van der Waals surface area contributed by atoms with Crippen LogP contribution in [0.4, 0.5) is 0 Å². The summed E-state index contributed by atoms with van der Waals surface area (Å²) in [5.41, 5.74) is 1.09. The fourth-order valence-corrected chi connectivity index (χ4v) is 3.24. The largest absolute Gasteiger partial charge is 0.437 e. The van der Waals surface area contributed by atoms with Gasteiger partial charge in [0.1, 0.15) is 0 Å². The summed E-state index contributed by atoms with van der Waals surface area (Å²) in [6, 6.07) is 16.6. The van der Waals surface area contributed by atoms with Gasteiger partial charge in [0.25, 0.3) is 5.91 Å². The molecule has 6 nitrogen and oxygen atoms in total. The number of carbonyl (C=O) groups is 2. The molecule has 1 fully saturated rings. The van der Waals surface area contributed by atoms with Crippen molar-refractivity contribution in [1.29, 1.82) is 0 Å². The van der Waals surface area contributed by atoms with Crippen molar-refractivity contribution in [2.75, 3.05) is 13.4 Å². The van der Waals surface area contributed by atoms with E-state index >= 15 is 0 Å². The van der Waals surface area contributed by atoms with Crippen molar-refractivity contribution in [2.45, 2.75) is 12.0 Å². The van der Waals surface area contributed by atoms with Crippen LogP contribution < -0.4 is 5.32 Å². The van der Waals surface area contributed by atoms with Gasteiger partial charge in [-0.25, -0.2) is 4.79 Å². The van der Waals surface area contributed by atoms with Gasteiger partial charge in [0, 0.05) is 29.1 Å². The van der Waals surface area contributed by atoms with E-state index in [1.807, 2.05) is 36.5 Å². The van der Waals surface area contributed by atoms with E-state index < -0.39 is 11.5 Å². The molecule has 3 aromatic rings. The van der Waals surface area contributed by atoms with Gasteiger partial charge in [-0.3, -0.25) is 4.79 Å². The third-order valence-corrected chi connectivity index (χ3v) is 4.57. The lowest BCUT2D eigenvalue weighted by molar-refractivity contribution is -0.184. The van der Waals surface area contributed by atoms with Crippen molar-refractivity contribution in [2.24, 2.45) is 0 Å². The third-order valence-electron chi connectivity index (χ3n) is 4.57.